The number of anilines is 1. The highest BCUT2D eigenvalue weighted by Gasteiger charge is 2.30. The molecule has 2 aromatic heterocycles. The molecule has 0 amide bonds. The monoisotopic (exact) mass is 408 g/mol. The van der Waals surface area contributed by atoms with Gasteiger partial charge in [-0.25, -0.2) is 19.7 Å². The zero-order valence-corrected chi connectivity index (χ0v) is 16.3. The van der Waals surface area contributed by atoms with Gasteiger partial charge in [0.15, 0.2) is 17.0 Å². The number of hydrogen-bond acceptors (Lipinski definition) is 8. The minimum Gasteiger partial charge on any atom is -0.459 e. The van der Waals surface area contributed by atoms with Gasteiger partial charge in [-0.2, -0.15) is 0 Å². The van der Waals surface area contributed by atoms with Crippen LogP contribution in [0.15, 0.2) is 43.0 Å². The average Bonchev–Trinajstić information content (AvgIpc) is 3.53. The van der Waals surface area contributed by atoms with Gasteiger partial charge >= 0.3 is 5.97 Å². The van der Waals surface area contributed by atoms with E-state index in [0.29, 0.717) is 35.6 Å². The van der Waals surface area contributed by atoms with Crippen molar-refractivity contribution >= 4 is 23.0 Å². The molecule has 5 rings (SSSR count). The maximum absolute atomic E-state index is 12.1. The van der Waals surface area contributed by atoms with Crippen molar-refractivity contribution in [2.75, 3.05) is 25.1 Å². The van der Waals surface area contributed by atoms with Crippen LogP contribution >= 0.6 is 0 Å². The predicted octanol–water partition coefficient (Wildman–Crippen LogP) is 2.38. The fourth-order valence-corrected chi connectivity index (χ4v) is 3.67. The van der Waals surface area contributed by atoms with Crippen LogP contribution in [0.5, 0.6) is 0 Å². The van der Waals surface area contributed by atoms with E-state index in [2.05, 4.69) is 20.3 Å². The molecule has 3 atom stereocenters. The van der Waals surface area contributed by atoms with Crippen LogP contribution in [-0.4, -0.2) is 57.5 Å². The summed E-state index contributed by atoms with van der Waals surface area (Å²) < 4.78 is 18.7. The van der Waals surface area contributed by atoms with Crippen molar-refractivity contribution in [3.8, 4) is 0 Å². The summed E-state index contributed by atoms with van der Waals surface area (Å²) >= 11 is 0. The number of carbonyl (C=O) groups excluding carboxylic acids is 1. The first-order chi connectivity index (χ1) is 14.8. The Balaban J connectivity index is 1.24. The lowest BCUT2D eigenvalue weighted by Crippen LogP contribution is -2.20. The fraction of sp³-hybridized carbons (Fsp3) is 0.381. The number of nitrogens with zero attached hydrogens (tertiary/aromatic N) is 4. The van der Waals surface area contributed by atoms with Gasteiger partial charge in [-0.15, -0.1) is 0 Å². The van der Waals surface area contributed by atoms with Gasteiger partial charge in [0, 0.05) is 13.0 Å². The minimum absolute atomic E-state index is 0.191. The topological polar surface area (TPSA) is 100 Å². The zero-order chi connectivity index (χ0) is 20.3. The number of carbonyl (C=O) groups is 1. The van der Waals surface area contributed by atoms with Crippen molar-refractivity contribution < 1.29 is 19.0 Å². The molecule has 2 aliphatic rings. The molecule has 1 N–H and O–H groups in total. The Hall–Kier alpha value is -3.04. The third kappa shape index (κ3) is 3.86. The van der Waals surface area contributed by atoms with Crippen LogP contribution < -0.4 is 5.32 Å². The molecule has 30 heavy (non-hydrogen) atoms. The number of hydrogen-bond donors (Lipinski definition) is 1. The molecule has 0 aliphatic carbocycles. The quantitative estimate of drug-likeness (QED) is 0.621. The summed E-state index contributed by atoms with van der Waals surface area (Å²) in [6, 6.07) is 9.16. The highest BCUT2D eigenvalue weighted by Crippen LogP contribution is 2.31. The molecule has 1 radical (unpaired) electrons. The molecule has 9 nitrogen and oxygen atoms in total. The Morgan fingerprint density at radius 3 is 2.97 bits per heavy atom. The van der Waals surface area contributed by atoms with Gasteiger partial charge in [0.05, 0.1) is 30.6 Å². The second kappa shape index (κ2) is 8.37. The van der Waals surface area contributed by atoms with Crippen LogP contribution in [0.25, 0.3) is 11.2 Å². The Labute approximate surface area is 173 Å². The molecule has 155 valence electrons. The highest BCUT2D eigenvalue weighted by atomic mass is 16.6. The number of aromatic nitrogens is 4. The van der Waals surface area contributed by atoms with Crippen LogP contribution in [0.1, 0.15) is 29.4 Å². The Bertz CT molecular complexity index is 1020. The van der Waals surface area contributed by atoms with Gasteiger partial charge in [0.25, 0.3) is 0 Å². The molecule has 1 aromatic carbocycles. The molecule has 0 bridgehead atoms. The number of nitrogens with one attached hydrogen (secondary N) is 1. The minimum atomic E-state index is -0.352. The molecule has 2 saturated heterocycles. The summed E-state index contributed by atoms with van der Waals surface area (Å²) in [5, 5.41) is 3.38. The van der Waals surface area contributed by atoms with E-state index in [1.807, 2.05) is 17.1 Å². The van der Waals surface area contributed by atoms with E-state index in [1.54, 1.807) is 30.6 Å². The molecule has 3 aromatic rings. The standard InChI is InChI=1S/C21H22N5O4/c27-21(14-4-2-1-3-5-14)29-11-16-6-7-17(30-16)26-13-24-18-19(22-12-23-20(18)26)25-15-8-9-28-10-15/h1-5,7,12-13,15-17H,6,8-11H2,(H,22,23,25)/t15-,16+,17-/m1/s1. The maximum Gasteiger partial charge on any atom is 0.338 e. The molecule has 0 saturated carbocycles. The number of esters is 1. The number of imidazole rings is 1. The van der Waals surface area contributed by atoms with Gasteiger partial charge in [-0.05, 0) is 25.0 Å². The summed E-state index contributed by atoms with van der Waals surface area (Å²) in [4.78, 5) is 25.4. The van der Waals surface area contributed by atoms with Gasteiger partial charge < -0.3 is 19.5 Å². The third-order valence-corrected chi connectivity index (χ3v) is 5.25. The van der Waals surface area contributed by atoms with E-state index in [0.717, 1.165) is 13.0 Å². The summed E-state index contributed by atoms with van der Waals surface area (Å²) in [6.45, 7) is 1.60. The van der Waals surface area contributed by atoms with Crippen LogP contribution in [0, 0.1) is 6.42 Å². The Kier molecular flexibility index (Phi) is 5.29. The van der Waals surface area contributed by atoms with E-state index in [1.165, 1.54) is 6.33 Å². The average molecular weight is 408 g/mol. The van der Waals surface area contributed by atoms with E-state index in [9.17, 15) is 4.79 Å². The van der Waals surface area contributed by atoms with E-state index >= 15 is 0 Å². The summed E-state index contributed by atoms with van der Waals surface area (Å²) in [6.07, 6.45) is 6.32. The predicted molar refractivity (Wildman–Crippen MR) is 108 cm³/mol. The number of rotatable bonds is 6. The normalized spacial score (nSPS) is 23.7. The molecule has 0 unspecified atom stereocenters. The maximum atomic E-state index is 12.1. The van der Waals surface area contributed by atoms with Gasteiger partial charge in [0.2, 0.25) is 0 Å². The van der Waals surface area contributed by atoms with Gasteiger partial charge in [-0.3, -0.25) is 4.57 Å². The van der Waals surface area contributed by atoms with Gasteiger partial charge in [-0.1, -0.05) is 18.2 Å². The van der Waals surface area contributed by atoms with Crippen LogP contribution in [0.4, 0.5) is 5.82 Å². The van der Waals surface area contributed by atoms with E-state index in [4.69, 9.17) is 14.2 Å². The first-order valence-electron chi connectivity index (χ1n) is 10.0. The lowest BCUT2D eigenvalue weighted by Gasteiger charge is -2.16. The zero-order valence-electron chi connectivity index (χ0n) is 16.3. The Morgan fingerprint density at radius 1 is 1.23 bits per heavy atom. The molecular formula is C21H22N5O4. The summed E-state index contributed by atoms with van der Waals surface area (Å²) in [7, 11) is 0. The number of ether oxygens (including phenoxy) is 3. The molecule has 4 heterocycles. The first kappa shape index (κ1) is 19.0. The molecule has 2 aliphatic heterocycles. The molecule has 9 heteroatoms. The Morgan fingerprint density at radius 2 is 2.13 bits per heavy atom. The van der Waals surface area contributed by atoms with Crippen molar-refractivity contribution in [2.45, 2.75) is 31.2 Å². The lowest BCUT2D eigenvalue weighted by molar-refractivity contribution is -0.0260. The van der Waals surface area contributed by atoms with Gasteiger partial charge in [0.1, 0.15) is 19.2 Å². The van der Waals surface area contributed by atoms with Crippen molar-refractivity contribution in [3.63, 3.8) is 0 Å². The summed E-state index contributed by atoms with van der Waals surface area (Å²) in [5.74, 6) is 0.343. The number of benzene rings is 1. The van der Waals surface area contributed by atoms with Crippen LogP contribution in [-0.2, 0) is 14.2 Å². The fourth-order valence-electron chi connectivity index (χ4n) is 3.67. The van der Waals surface area contributed by atoms with Crippen molar-refractivity contribution in [2.24, 2.45) is 0 Å². The molecule has 2 fully saturated rings. The number of fused-ring (bicyclic) bond motifs is 1. The van der Waals surface area contributed by atoms with Crippen molar-refractivity contribution in [3.05, 3.63) is 55.0 Å². The second-order valence-electron chi connectivity index (χ2n) is 7.34. The van der Waals surface area contributed by atoms with E-state index < -0.39 is 0 Å². The largest absolute Gasteiger partial charge is 0.459 e. The highest BCUT2D eigenvalue weighted by molar-refractivity contribution is 5.89. The lowest BCUT2D eigenvalue weighted by atomic mass is 10.2. The molecule has 0 spiro atoms. The SMILES string of the molecule is O=C(OC[C@@H]1C[CH][C@H](n2cnc3c(N[C@@H]4CCOC4)ncnc32)O1)c1ccccc1. The van der Waals surface area contributed by atoms with Crippen molar-refractivity contribution in [1.29, 1.82) is 0 Å². The van der Waals surface area contributed by atoms with Crippen LogP contribution in [0.2, 0.25) is 0 Å². The summed E-state index contributed by atoms with van der Waals surface area (Å²) in [5.41, 5.74) is 1.91. The van der Waals surface area contributed by atoms with Crippen LogP contribution in [0.3, 0.4) is 0 Å². The second-order valence-corrected chi connectivity index (χ2v) is 7.34. The smallest absolute Gasteiger partial charge is 0.338 e. The van der Waals surface area contributed by atoms with Crippen molar-refractivity contribution in [1.82, 2.24) is 19.5 Å². The van der Waals surface area contributed by atoms with E-state index in [-0.39, 0.29) is 30.9 Å². The first-order valence-corrected chi connectivity index (χ1v) is 10.0. The third-order valence-electron chi connectivity index (χ3n) is 5.25. The molecular weight excluding hydrogens is 386 g/mol.